The number of nitrogens with zero attached hydrogens (tertiary/aromatic N) is 1. The van der Waals surface area contributed by atoms with Crippen LogP contribution in [0.5, 0.6) is 11.5 Å². The lowest BCUT2D eigenvalue weighted by Crippen LogP contribution is -2.34. The number of rotatable bonds is 7. The van der Waals surface area contributed by atoms with Crippen LogP contribution in [0, 0.1) is 11.3 Å². The van der Waals surface area contributed by atoms with E-state index in [0.29, 0.717) is 27.6 Å². The third-order valence-electron chi connectivity index (χ3n) is 5.36. The number of carboxylic acids is 1. The number of hydrogen-bond donors (Lipinski definition) is 2. The highest BCUT2D eigenvalue weighted by Gasteiger charge is 2.45. The number of halogens is 1. The number of carbonyl (C=O) groups is 2. The Morgan fingerprint density at radius 3 is 2.34 bits per heavy atom. The average molecular weight is 447 g/mol. The van der Waals surface area contributed by atoms with Crippen molar-refractivity contribution in [3.63, 3.8) is 0 Å². The third-order valence-corrected chi connectivity index (χ3v) is 5.62. The Kier molecular flexibility index (Phi) is 5.85. The first-order valence-electron chi connectivity index (χ1n) is 10.00. The molecule has 1 aliphatic carbocycles. The molecule has 0 spiro atoms. The monoisotopic (exact) mass is 446 g/mol. The van der Waals surface area contributed by atoms with Crippen molar-refractivity contribution in [2.45, 2.75) is 24.8 Å². The van der Waals surface area contributed by atoms with Gasteiger partial charge in [0.05, 0.1) is 17.5 Å². The molecule has 1 amide bonds. The van der Waals surface area contributed by atoms with Crippen molar-refractivity contribution in [3.8, 4) is 17.6 Å². The summed E-state index contributed by atoms with van der Waals surface area (Å²) in [7, 11) is 0. The third kappa shape index (κ3) is 4.74. The Morgan fingerprint density at radius 1 is 1.06 bits per heavy atom. The standard InChI is InChI=1S/C25H19ClN2O4/c26-20-6-4-19(5-7-20)25(11-12-25)28-24(31)17-2-8-21(9-3-17)32-22-10-1-16(14-23(29)30)13-18(22)15-27/h1-10,13H,11-12,14H2,(H,28,31)(H,29,30). The molecule has 0 heterocycles. The quantitative estimate of drug-likeness (QED) is 0.529. The van der Waals surface area contributed by atoms with E-state index in [0.717, 1.165) is 18.4 Å². The molecule has 160 valence electrons. The van der Waals surface area contributed by atoms with E-state index in [4.69, 9.17) is 21.4 Å². The van der Waals surface area contributed by atoms with Crippen LogP contribution in [0.2, 0.25) is 5.02 Å². The molecule has 2 N–H and O–H groups in total. The normalized spacial score (nSPS) is 13.6. The Hall–Kier alpha value is -3.82. The lowest BCUT2D eigenvalue weighted by atomic mass is 10.0. The van der Waals surface area contributed by atoms with Crippen molar-refractivity contribution < 1.29 is 19.4 Å². The molecule has 0 radical (unpaired) electrons. The van der Waals surface area contributed by atoms with E-state index in [2.05, 4.69) is 5.32 Å². The van der Waals surface area contributed by atoms with Crippen LogP contribution in [-0.2, 0) is 16.8 Å². The first-order valence-corrected chi connectivity index (χ1v) is 10.4. The summed E-state index contributed by atoms with van der Waals surface area (Å²) in [5.74, 6) is -0.374. The van der Waals surface area contributed by atoms with Crippen molar-refractivity contribution in [3.05, 3.63) is 94.0 Å². The summed E-state index contributed by atoms with van der Waals surface area (Å²) in [4.78, 5) is 23.6. The van der Waals surface area contributed by atoms with Crippen LogP contribution >= 0.6 is 11.6 Å². The van der Waals surface area contributed by atoms with Gasteiger partial charge in [-0.2, -0.15) is 5.26 Å². The number of ether oxygens (including phenoxy) is 1. The number of carbonyl (C=O) groups excluding carboxylic acids is 1. The van der Waals surface area contributed by atoms with Crippen LogP contribution in [0.4, 0.5) is 0 Å². The highest BCUT2D eigenvalue weighted by atomic mass is 35.5. The maximum Gasteiger partial charge on any atom is 0.307 e. The molecule has 3 aromatic carbocycles. The summed E-state index contributed by atoms with van der Waals surface area (Å²) in [5.41, 5.74) is 1.93. The molecule has 0 saturated heterocycles. The van der Waals surface area contributed by atoms with Crippen LogP contribution in [-0.4, -0.2) is 17.0 Å². The van der Waals surface area contributed by atoms with Crippen molar-refractivity contribution >= 4 is 23.5 Å². The maximum absolute atomic E-state index is 12.8. The molecule has 1 aliphatic rings. The molecular weight excluding hydrogens is 428 g/mol. The molecule has 3 aromatic rings. The number of nitrogens with one attached hydrogen (secondary N) is 1. The van der Waals surface area contributed by atoms with Crippen molar-refractivity contribution in [2.24, 2.45) is 0 Å². The molecule has 0 aromatic heterocycles. The minimum atomic E-state index is -0.972. The molecule has 0 atom stereocenters. The predicted octanol–water partition coefficient (Wildman–Crippen LogP) is 5.05. The summed E-state index contributed by atoms with van der Waals surface area (Å²) in [6.07, 6.45) is 1.57. The number of benzene rings is 3. The summed E-state index contributed by atoms with van der Waals surface area (Å²) in [6, 6.07) is 20.8. The Labute approximate surface area is 190 Å². The van der Waals surface area contributed by atoms with Crippen molar-refractivity contribution in [2.75, 3.05) is 0 Å². The summed E-state index contributed by atoms with van der Waals surface area (Å²) in [5, 5.41) is 22.0. The van der Waals surface area contributed by atoms with Gasteiger partial charge in [0.15, 0.2) is 0 Å². The van der Waals surface area contributed by atoms with Crippen LogP contribution in [0.3, 0.4) is 0 Å². The molecule has 1 fully saturated rings. The van der Waals surface area contributed by atoms with Gasteiger partial charge in [0.25, 0.3) is 5.91 Å². The Balaban J connectivity index is 1.44. The number of amides is 1. The molecule has 32 heavy (non-hydrogen) atoms. The number of nitriles is 1. The zero-order chi connectivity index (χ0) is 22.7. The summed E-state index contributed by atoms with van der Waals surface area (Å²) in [6.45, 7) is 0. The van der Waals surface area contributed by atoms with Crippen LogP contribution in [0.25, 0.3) is 0 Å². The Morgan fingerprint density at radius 2 is 1.75 bits per heavy atom. The molecule has 0 bridgehead atoms. The lowest BCUT2D eigenvalue weighted by Gasteiger charge is -2.18. The first-order chi connectivity index (χ1) is 15.4. The van der Waals surface area contributed by atoms with Gasteiger partial charge in [0.2, 0.25) is 0 Å². The SMILES string of the molecule is N#Cc1cc(CC(=O)O)ccc1Oc1ccc(C(=O)NC2(c3ccc(Cl)cc3)CC2)cc1. The molecule has 4 rings (SSSR count). The number of aliphatic carboxylic acids is 1. The van der Waals surface area contributed by atoms with Gasteiger partial charge in [-0.1, -0.05) is 29.8 Å². The van der Waals surface area contributed by atoms with Gasteiger partial charge in [-0.3, -0.25) is 9.59 Å². The van der Waals surface area contributed by atoms with Gasteiger partial charge in [-0.25, -0.2) is 0 Å². The van der Waals surface area contributed by atoms with E-state index in [1.54, 1.807) is 36.4 Å². The fourth-order valence-electron chi connectivity index (χ4n) is 3.51. The largest absolute Gasteiger partial charge is 0.481 e. The number of hydrogen-bond acceptors (Lipinski definition) is 4. The lowest BCUT2D eigenvalue weighted by molar-refractivity contribution is -0.136. The fourth-order valence-corrected chi connectivity index (χ4v) is 3.63. The van der Waals surface area contributed by atoms with Gasteiger partial charge < -0.3 is 15.2 Å². The van der Waals surface area contributed by atoms with Gasteiger partial charge in [-0.15, -0.1) is 0 Å². The second-order valence-electron chi connectivity index (χ2n) is 7.68. The van der Waals surface area contributed by atoms with E-state index in [-0.39, 0.29) is 23.4 Å². The van der Waals surface area contributed by atoms with Gasteiger partial charge in [0, 0.05) is 10.6 Å². The molecule has 0 unspecified atom stereocenters. The highest BCUT2D eigenvalue weighted by molar-refractivity contribution is 6.30. The zero-order valence-electron chi connectivity index (χ0n) is 17.0. The molecule has 7 heteroatoms. The Bertz CT molecular complexity index is 1210. The maximum atomic E-state index is 12.8. The van der Waals surface area contributed by atoms with E-state index >= 15 is 0 Å². The summed E-state index contributed by atoms with van der Waals surface area (Å²) >= 11 is 5.96. The molecule has 6 nitrogen and oxygen atoms in total. The second-order valence-corrected chi connectivity index (χ2v) is 8.12. The number of carboxylic acid groups (broad SMARTS) is 1. The first kappa shape index (κ1) is 21.4. The van der Waals surface area contributed by atoms with Crippen molar-refractivity contribution in [1.82, 2.24) is 5.32 Å². The predicted molar refractivity (Wildman–Crippen MR) is 119 cm³/mol. The molecule has 0 aliphatic heterocycles. The minimum Gasteiger partial charge on any atom is -0.481 e. The highest BCUT2D eigenvalue weighted by Crippen LogP contribution is 2.45. The van der Waals surface area contributed by atoms with Crippen LogP contribution in [0.15, 0.2) is 66.7 Å². The van der Waals surface area contributed by atoms with E-state index in [1.165, 1.54) is 6.07 Å². The molecular formula is C25H19ClN2O4. The van der Waals surface area contributed by atoms with E-state index < -0.39 is 5.97 Å². The average Bonchev–Trinajstić information content (AvgIpc) is 3.55. The molecule has 1 saturated carbocycles. The van der Waals surface area contributed by atoms with Gasteiger partial charge in [0.1, 0.15) is 17.6 Å². The second kappa shape index (κ2) is 8.74. The fraction of sp³-hybridized carbons (Fsp3) is 0.160. The van der Waals surface area contributed by atoms with Crippen LogP contribution in [0.1, 0.15) is 39.9 Å². The minimum absolute atomic E-state index is 0.170. The van der Waals surface area contributed by atoms with Gasteiger partial charge >= 0.3 is 5.97 Å². The van der Waals surface area contributed by atoms with Crippen molar-refractivity contribution in [1.29, 1.82) is 5.26 Å². The topological polar surface area (TPSA) is 99.4 Å². The zero-order valence-corrected chi connectivity index (χ0v) is 17.7. The summed E-state index contributed by atoms with van der Waals surface area (Å²) < 4.78 is 5.77. The van der Waals surface area contributed by atoms with E-state index in [1.807, 2.05) is 30.3 Å². The van der Waals surface area contributed by atoms with E-state index in [9.17, 15) is 14.9 Å². The smallest absolute Gasteiger partial charge is 0.307 e. The van der Waals surface area contributed by atoms with Crippen LogP contribution < -0.4 is 10.1 Å². The van der Waals surface area contributed by atoms with Gasteiger partial charge in [-0.05, 0) is 72.5 Å².